The molecule has 6 heteroatoms. The van der Waals surface area contributed by atoms with Gasteiger partial charge in [-0.15, -0.1) is 0 Å². The molecular formula is C13H14N2O4. The Hall–Kier alpha value is -2.37. The normalized spacial score (nSPS) is 18.9. The van der Waals surface area contributed by atoms with Crippen molar-refractivity contribution in [2.45, 2.75) is 13.0 Å². The predicted octanol–water partition coefficient (Wildman–Crippen LogP) is 1.02. The van der Waals surface area contributed by atoms with Gasteiger partial charge >= 0.3 is 12.0 Å². The lowest BCUT2D eigenvalue weighted by Crippen LogP contribution is -2.37. The summed E-state index contributed by atoms with van der Waals surface area (Å²) in [6.07, 6.45) is 0. The highest BCUT2D eigenvalue weighted by Gasteiger charge is 2.44. The minimum absolute atomic E-state index is 0.359. The molecule has 0 aromatic heterocycles. The fraction of sp³-hybridized carbons (Fsp3) is 0.308. The van der Waals surface area contributed by atoms with Gasteiger partial charge in [0.05, 0.1) is 7.11 Å². The highest BCUT2D eigenvalue weighted by molar-refractivity contribution is 6.15. The summed E-state index contributed by atoms with van der Waals surface area (Å²) in [6, 6.07) is 7.73. The fourth-order valence-corrected chi connectivity index (χ4v) is 1.99. The van der Waals surface area contributed by atoms with Gasteiger partial charge in [0.2, 0.25) is 0 Å². The number of benzene rings is 1. The zero-order chi connectivity index (χ0) is 14.0. The van der Waals surface area contributed by atoms with Gasteiger partial charge in [-0.2, -0.15) is 0 Å². The topological polar surface area (TPSA) is 66.9 Å². The Bertz CT molecular complexity index is 515. The molecule has 1 aromatic carbocycles. The molecule has 1 aliphatic heterocycles. The Morgan fingerprint density at radius 1 is 1.26 bits per heavy atom. The van der Waals surface area contributed by atoms with Gasteiger partial charge in [0.15, 0.2) is 0 Å². The van der Waals surface area contributed by atoms with Crippen molar-refractivity contribution < 1.29 is 19.1 Å². The van der Waals surface area contributed by atoms with Crippen molar-refractivity contribution in [1.29, 1.82) is 0 Å². The molecule has 6 nitrogen and oxygen atoms in total. The van der Waals surface area contributed by atoms with E-state index in [1.54, 1.807) is 31.2 Å². The fourth-order valence-electron chi connectivity index (χ4n) is 1.99. The van der Waals surface area contributed by atoms with Crippen LogP contribution in [0.3, 0.4) is 0 Å². The van der Waals surface area contributed by atoms with Crippen LogP contribution in [-0.2, 0) is 14.3 Å². The second kappa shape index (κ2) is 5.09. The average Bonchev–Trinajstić information content (AvgIpc) is 2.63. The first-order chi connectivity index (χ1) is 9.06. The molecule has 1 fully saturated rings. The Balaban J connectivity index is 2.27. The van der Waals surface area contributed by atoms with Crippen molar-refractivity contribution in [3.05, 3.63) is 30.3 Å². The van der Waals surface area contributed by atoms with Gasteiger partial charge in [-0.05, 0) is 19.1 Å². The molecule has 100 valence electrons. The number of para-hydroxylation sites is 1. The molecule has 3 amide bonds. The number of hydrogen-bond donors (Lipinski definition) is 0. The highest BCUT2D eigenvalue weighted by atomic mass is 16.5. The number of nitrogens with zero attached hydrogens (tertiary/aromatic N) is 2. The van der Waals surface area contributed by atoms with E-state index in [1.807, 2.05) is 6.07 Å². The summed E-state index contributed by atoms with van der Waals surface area (Å²) in [5, 5.41) is 0. The molecular weight excluding hydrogens is 248 g/mol. The van der Waals surface area contributed by atoms with Crippen LogP contribution >= 0.6 is 0 Å². The van der Waals surface area contributed by atoms with Crippen molar-refractivity contribution in [1.82, 2.24) is 4.90 Å². The number of amides is 3. The summed E-state index contributed by atoms with van der Waals surface area (Å²) in [7, 11) is 1.21. The number of carbonyl (C=O) groups excluding carboxylic acids is 3. The summed E-state index contributed by atoms with van der Waals surface area (Å²) in [5.41, 5.74) is 0.626. The van der Waals surface area contributed by atoms with Crippen LogP contribution in [0.5, 0.6) is 0 Å². The first-order valence-corrected chi connectivity index (χ1v) is 5.82. The van der Waals surface area contributed by atoms with Crippen molar-refractivity contribution in [2.24, 2.45) is 0 Å². The van der Waals surface area contributed by atoms with E-state index in [-0.39, 0.29) is 6.54 Å². The van der Waals surface area contributed by atoms with Crippen molar-refractivity contribution in [3.8, 4) is 0 Å². The van der Waals surface area contributed by atoms with E-state index < -0.39 is 23.9 Å². The lowest BCUT2D eigenvalue weighted by molar-refractivity contribution is -0.144. The van der Waals surface area contributed by atoms with Crippen LogP contribution in [0.2, 0.25) is 0 Å². The molecule has 0 spiro atoms. The van der Waals surface area contributed by atoms with Crippen LogP contribution in [0.25, 0.3) is 0 Å². The van der Waals surface area contributed by atoms with Crippen molar-refractivity contribution in [3.63, 3.8) is 0 Å². The van der Waals surface area contributed by atoms with Gasteiger partial charge in [-0.3, -0.25) is 19.4 Å². The predicted molar refractivity (Wildman–Crippen MR) is 67.5 cm³/mol. The molecule has 0 bridgehead atoms. The summed E-state index contributed by atoms with van der Waals surface area (Å²) >= 11 is 0. The molecule has 1 aliphatic rings. The number of rotatable bonds is 3. The molecule has 19 heavy (non-hydrogen) atoms. The molecule has 2 rings (SSSR count). The summed E-state index contributed by atoms with van der Waals surface area (Å²) < 4.78 is 4.48. The second-order valence-corrected chi connectivity index (χ2v) is 4.16. The van der Waals surface area contributed by atoms with Crippen LogP contribution in [-0.4, -0.2) is 42.5 Å². The number of methoxy groups -OCH3 is 1. The van der Waals surface area contributed by atoms with E-state index in [9.17, 15) is 14.4 Å². The van der Waals surface area contributed by atoms with Crippen molar-refractivity contribution in [2.75, 3.05) is 18.6 Å². The van der Waals surface area contributed by atoms with Gasteiger partial charge in [-0.1, -0.05) is 18.2 Å². The molecule has 0 aliphatic carbocycles. The number of hydrogen-bond acceptors (Lipinski definition) is 4. The standard InChI is InChI=1S/C13H14N2O4/c1-9-12(17)14(8-11(16)19-2)13(18)15(9)10-6-4-3-5-7-10/h3-7,9H,8H2,1-2H3/t9-/m1/s1. The summed E-state index contributed by atoms with van der Waals surface area (Å²) in [6.45, 7) is 1.27. The summed E-state index contributed by atoms with van der Waals surface area (Å²) in [5.74, 6) is -1.02. The number of imide groups is 1. The molecule has 0 saturated carbocycles. The zero-order valence-corrected chi connectivity index (χ0v) is 10.7. The maximum Gasteiger partial charge on any atom is 0.332 e. The third-order valence-electron chi connectivity index (χ3n) is 3.00. The van der Waals surface area contributed by atoms with E-state index >= 15 is 0 Å². The second-order valence-electron chi connectivity index (χ2n) is 4.16. The van der Waals surface area contributed by atoms with Gasteiger partial charge < -0.3 is 4.74 Å². The number of carbonyl (C=O) groups is 3. The molecule has 1 saturated heterocycles. The third kappa shape index (κ3) is 2.29. The number of ether oxygens (including phenoxy) is 1. The van der Waals surface area contributed by atoms with Gasteiger partial charge in [0.1, 0.15) is 12.6 Å². The zero-order valence-electron chi connectivity index (χ0n) is 10.7. The quantitative estimate of drug-likeness (QED) is 0.602. The van der Waals surface area contributed by atoms with Crippen LogP contribution < -0.4 is 4.90 Å². The smallest absolute Gasteiger partial charge is 0.332 e. The Labute approximate surface area is 110 Å². The highest BCUT2D eigenvalue weighted by Crippen LogP contribution is 2.25. The Morgan fingerprint density at radius 3 is 2.47 bits per heavy atom. The Kier molecular flexibility index (Phi) is 3.50. The largest absolute Gasteiger partial charge is 0.468 e. The van der Waals surface area contributed by atoms with E-state index in [0.29, 0.717) is 5.69 Å². The maximum absolute atomic E-state index is 12.2. The third-order valence-corrected chi connectivity index (χ3v) is 3.00. The maximum atomic E-state index is 12.2. The lowest BCUT2D eigenvalue weighted by Gasteiger charge is -2.18. The first kappa shape index (κ1) is 13.1. The average molecular weight is 262 g/mol. The van der Waals surface area contributed by atoms with E-state index in [1.165, 1.54) is 12.0 Å². The molecule has 1 aromatic rings. The number of urea groups is 1. The molecule has 0 N–H and O–H groups in total. The minimum Gasteiger partial charge on any atom is -0.468 e. The first-order valence-electron chi connectivity index (χ1n) is 5.82. The molecule has 1 heterocycles. The van der Waals surface area contributed by atoms with Gasteiger partial charge in [-0.25, -0.2) is 4.79 Å². The van der Waals surface area contributed by atoms with Gasteiger partial charge in [0, 0.05) is 5.69 Å². The lowest BCUT2D eigenvalue weighted by atomic mass is 10.2. The number of anilines is 1. The molecule has 0 radical (unpaired) electrons. The van der Waals surface area contributed by atoms with Crippen LogP contribution in [0.15, 0.2) is 30.3 Å². The van der Waals surface area contributed by atoms with E-state index in [0.717, 1.165) is 4.90 Å². The van der Waals surface area contributed by atoms with Crippen LogP contribution in [0.1, 0.15) is 6.92 Å². The van der Waals surface area contributed by atoms with Crippen LogP contribution in [0.4, 0.5) is 10.5 Å². The minimum atomic E-state index is -0.625. The van der Waals surface area contributed by atoms with Crippen LogP contribution in [0, 0.1) is 0 Å². The van der Waals surface area contributed by atoms with Gasteiger partial charge in [0.25, 0.3) is 5.91 Å². The summed E-state index contributed by atoms with van der Waals surface area (Å²) in [4.78, 5) is 37.7. The van der Waals surface area contributed by atoms with Crippen molar-refractivity contribution >= 4 is 23.6 Å². The molecule has 0 unspecified atom stereocenters. The monoisotopic (exact) mass is 262 g/mol. The van der Waals surface area contributed by atoms with E-state index in [2.05, 4.69) is 4.74 Å². The SMILES string of the molecule is COC(=O)CN1C(=O)[C@@H](C)N(c2ccccc2)C1=O. The number of esters is 1. The van der Waals surface area contributed by atoms with E-state index in [4.69, 9.17) is 0 Å². The Morgan fingerprint density at radius 2 is 1.89 bits per heavy atom. The molecule has 1 atom stereocenters.